The van der Waals surface area contributed by atoms with Crippen LogP contribution in [-0.2, 0) is 24.3 Å². The molecule has 1 saturated heterocycles. The first-order valence-electron chi connectivity index (χ1n) is 10.7. The Balaban J connectivity index is 1.36. The molecule has 5 rings (SSSR count). The van der Waals surface area contributed by atoms with Crippen LogP contribution in [0, 0.1) is 5.92 Å². The average Bonchev–Trinajstić information content (AvgIpc) is 3.31. The first-order valence-corrected chi connectivity index (χ1v) is 10.7. The van der Waals surface area contributed by atoms with E-state index < -0.39 is 0 Å². The van der Waals surface area contributed by atoms with E-state index in [9.17, 15) is 4.79 Å². The summed E-state index contributed by atoms with van der Waals surface area (Å²) in [5.41, 5.74) is 3.88. The highest BCUT2D eigenvalue weighted by Crippen LogP contribution is 2.36. The molecule has 0 bridgehead atoms. The van der Waals surface area contributed by atoms with Gasteiger partial charge < -0.3 is 14.6 Å². The predicted molar refractivity (Wildman–Crippen MR) is 117 cm³/mol. The third-order valence-corrected chi connectivity index (χ3v) is 6.31. The summed E-state index contributed by atoms with van der Waals surface area (Å²) in [6.07, 6.45) is 2.42. The Morgan fingerprint density at radius 1 is 1.00 bits per heavy atom. The SMILES string of the molecule is O=C(NCc1ccco1)C1Cc2ccccc2N2CCN(Cc3ccccc3)CC12. The molecule has 2 unspecified atom stereocenters. The van der Waals surface area contributed by atoms with Crippen LogP contribution in [0.4, 0.5) is 5.69 Å². The number of para-hydroxylation sites is 1. The maximum Gasteiger partial charge on any atom is 0.225 e. The van der Waals surface area contributed by atoms with Gasteiger partial charge in [0.2, 0.25) is 5.91 Å². The van der Waals surface area contributed by atoms with E-state index in [1.54, 1.807) is 6.26 Å². The second-order valence-corrected chi connectivity index (χ2v) is 8.22. The molecular weight excluding hydrogens is 374 g/mol. The summed E-state index contributed by atoms with van der Waals surface area (Å²) in [5, 5.41) is 3.11. The minimum absolute atomic E-state index is 0.0755. The van der Waals surface area contributed by atoms with Crippen molar-refractivity contribution in [2.45, 2.75) is 25.6 Å². The third-order valence-electron chi connectivity index (χ3n) is 6.31. The second kappa shape index (κ2) is 8.36. The number of piperazine rings is 1. The number of nitrogens with zero attached hydrogens (tertiary/aromatic N) is 2. The van der Waals surface area contributed by atoms with Crippen molar-refractivity contribution in [2.24, 2.45) is 5.92 Å². The van der Waals surface area contributed by atoms with Gasteiger partial charge in [-0.15, -0.1) is 0 Å². The zero-order chi connectivity index (χ0) is 20.3. The molecule has 0 saturated carbocycles. The van der Waals surface area contributed by atoms with Gasteiger partial charge in [-0.25, -0.2) is 0 Å². The summed E-state index contributed by atoms with van der Waals surface area (Å²) in [5.74, 6) is 0.816. The van der Waals surface area contributed by atoms with Crippen LogP contribution < -0.4 is 10.2 Å². The molecule has 0 spiro atoms. The average molecular weight is 402 g/mol. The summed E-state index contributed by atoms with van der Waals surface area (Å²) in [4.78, 5) is 18.2. The fourth-order valence-electron chi connectivity index (χ4n) is 4.82. The lowest BCUT2D eigenvalue weighted by Gasteiger charge is -2.49. The van der Waals surface area contributed by atoms with Gasteiger partial charge in [0.1, 0.15) is 5.76 Å². The molecule has 1 aromatic heterocycles. The van der Waals surface area contributed by atoms with Crippen molar-refractivity contribution < 1.29 is 9.21 Å². The van der Waals surface area contributed by atoms with Gasteiger partial charge in [-0.05, 0) is 35.7 Å². The highest BCUT2D eigenvalue weighted by atomic mass is 16.3. The Hall–Kier alpha value is -3.05. The number of benzene rings is 2. The lowest BCUT2D eigenvalue weighted by molar-refractivity contribution is -0.126. The molecule has 30 heavy (non-hydrogen) atoms. The molecule has 1 fully saturated rings. The predicted octanol–water partition coefficient (Wildman–Crippen LogP) is 3.46. The summed E-state index contributed by atoms with van der Waals surface area (Å²) in [6, 6.07) is 23.0. The number of hydrogen-bond acceptors (Lipinski definition) is 4. The van der Waals surface area contributed by atoms with Gasteiger partial charge in [0.15, 0.2) is 0 Å². The van der Waals surface area contributed by atoms with Crippen LogP contribution in [0.2, 0.25) is 0 Å². The summed E-state index contributed by atoms with van der Waals surface area (Å²) < 4.78 is 5.38. The van der Waals surface area contributed by atoms with E-state index in [0.717, 1.165) is 38.4 Å². The van der Waals surface area contributed by atoms with Gasteiger partial charge in [0.05, 0.1) is 24.8 Å². The first-order chi connectivity index (χ1) is 14.8. The zero-order valence-electron chi connectivity index (χ0n) is 17.0. The van der Waals surface area contributed by atoms with Crippen LogP contribution in [0.15, 0.2) is 77.4 Å². The number of fused-ring (bicyclic) bond motifs is 3. The lowest BCUT2D eigenvalue weighted by Crippen LogP contribution is -2.60. The smallest absolute Gasteiger partial charge is 0.225 e. The lowest BCUT2D eigenvalue weighted by atomic mass is 9.83. The number of carbonyl (C=O) groups excluding carboxylic acids is 1. The Kier molecular flexibility index (Phi) is 5.28. The van der Waals surface area contributed by atoms with E-state index in [1.165, 1.54) is 16.8 Å². The highest BCUT2D eigenvalue weighted by molar-refractivity contribution is 5.82. The van der Waals surface area contributed by atoms with Crippen LogP contribution in [-0.4, -0.2) is 36.5 Å². The van der Waals surface area contributed by atoms with Crippen molar-refractivity contribution in [3.05, 3.63) is 89.9 Å². The number of carbonyl (C=O) groups is 1. The molecule has 1 N–H and O–H groups in total. The maximum absolute atomic E-state index is 13.2. The van der Waals surface area contributed by atoms with Gasteiger partial charge in [-0.1, -0.05) is 48.5 Å². The molecule has 2 aromatic carbocycles. The van der Waals surface area contributed by atoms with Crippen molar-refractivity contribution in [2.75, 3.05) is 24.5 Å². The molecule has 5 heteroatoms. The Morgan fingerprint density at radius 3 is 2.67 bits per heavy atom. The quantitative estimate of drug-likeness (QED) is 0.711. The van der Waals surface area contributed by atoms with Crippen molar-refractivity contribution >= 4 is 11.6 Å². The number of furan rings is 1. The third kappa shape index (κ3) is 3.85. The van der Waals surface area contributed by atoms with E-state index in [1.807, 2.05) is 12.1 Å². The monoisotopic (exact) mass is 401 g/mol. The molecule has 2 atom stereocenters. The zero-order valence-corrected chi connectivity index (χ0v) is 17.0. The van der Waals surface area contributed by atoms with E-state index >= 15 is 0 Å². The van der Waals surface area contributed by atoms with E-state index in [-0.39, 0.29) is 17.9 Å². The van der Waals surface area contributed by atoms with Gasteiger partial charge in [-0.3, -0.25) is 9.69 Å². The van der Waals surface area contributed by atoms with E-state index in [2.05, 4.69) is 69.7 Å². The number of anilines is 1. The largest absolute Gasteiger partial charge is 0.467 e. The minimum atomic E-state index is -0.0755. The molecule has 1 amide bonds. The summed E-state index contributed by atoms with van der Waals surface area (Å²) in [7, 11) is 0. The molecule has 154 valence electrons. The molecule has 3 heterocycles. The summed E-state index contributed by atoms with van der Waals surface area (Å²) in [6.45, 7) is 4.19. The number of rotatable bonds is 5. The van der Waals surface area contributed by atoms with E-state index in [4.69, 9.17) is 4.42 Å². The highest BCUT2D eigenvalue weighted by Gasteiger charge is 2.41. The Bertz CT molecular complexity index is 987. The van der Waals surface area contributed by atoms with Gasteiger partial charge in [0, 0.05) is 31.9 Å². The topological polar surface area (TPSA) is 48.7 Å². The van der Waals surface area contributed by atoms with Gasteiger partial charge in [0.25, 0.3) is 0 Å². The molecular formula is C25H27N3O2. The Morgan fingerprint density at radius 2 is 1.83 bits per heavy atom. The number of nitrogens with one attached hydrogen (secondary N) is 1. The standard InChI is InChI=1S/C25H27N3O2/c29-25(26-16-21-10-6-14-30-21)22-15-20-9-4-5-11-23(20)28-13-12-27(18-24(22)28)17-19-7-2-1-3-8-19/h1-11,14,22,24H,12-13,15-18H2,(H,26,29). The normalized spacial score (nSPS) is 21.0. The van der Waals surface area contributed by atoms with Gasteiger partial charge in [-0.2, -0.15) is 0 Å². The van der Waals surface area contributed by atoms with Crippen molar-refractivity contribution in [3.8, 4) is 0 Å². The van der Waals surface area contributed by atoms with Crippen LogP contribution in [0.5, 0.6) is 0 Å². The fourth-order valence-corrected chi connectivity index (χ4v) is 4.82. The van der Waals surface area contributed by atoms with Crippen LogP contribution >= 0.6 is 0 Å². The van der Waals surface area contributed by atoms with Crippen LogP contribution in [0.3, 0.4) is 0 Å². The molecule has 2 aliphatic rings. The number of hydrogen-bond donors (Lipinski definition) is 1. The number of amides is 1. The van der Waals surface area contributed by atoms with Crippen molar-refractivity contribution in [1.29, 1.82) is 0 Å². The fraction of sp³-hybridized carbons (Fsp3) is 0.320. The van der Waals surface area contributed by atoms with Gasteiger partial charge >= 0.3 is 0 Å². The molecule has 0 radical (unpaired) electrons. The Labute approximate surface area is 177 Å². The molecule has 5 nitrogen and oxygen atoms in total. The molecule has 2 aliphatic heterocycles. The second-order valence-electron chi connectivity index (χ2n) is 8.22. The van der Waals surface area contributed by atoms with Crippen LogP contribution in [0.1, 0.15) is 16.9 Å². The molecule has 3 aromatic rings. The van der Waals surface area contributed by atoms with Crippen molar-refractivity contribution in [1.82, 2.24) is 10.2 Å². The minimum Gasteiger partial charge on any atom is -0.467 e. The summed E-state index contributed by atoms with van der Waals surface area (Å²) >= 11 is 0. The van der Waals surface area contributed by atoms with E-state index in [0.29, 0.717) is 6.54 Å². The maximum atomic E-state index is 13.2. The van der Waals surface area contributed by atoms with Crippen molar-refractivity contribution in [3.63, 3.8) is 0 Å². The molecule has 0 aliphatic carbocycles. The van der Waals surface area contributed by atoms with Crippen LogP contribution in [0.25, 0.3) is 0 Å². The first kappa shape index (κ1) is 18.9.